The predicted octanol–water partition coefficient (Wildman–Crippen LogP) is 3.99. The quantitative estimate of drug-likeness (QED) is 0.566. The maximum absolute atomic E-state index is 13.2. The third kappa shape index (κ3) is 3.53. The van der Waals surface area contributed by atoms with Gasteiger partial charge in [0, 0.05) is 56.2 Å². The second kappa shape index (κ2) is 8.01. The fourth-order valence-electron chi connectivity index (χ4n) is 4.82. The van der Waals surface area contributed by atoms with E-state index in [2.05, 4.69) is 37.6 Å². The molecule has 0 saturated carbocycles. The molecule has 0 atom stereocenters. The van der Waals surface area contributed by atoms with Gasteiger partial charge in [-0.05, 0) is 36.4 Å². The van der Waals surface area contributed by atoms with Crippen LogP contribution in [0.2, 0.25) is 10.0 Å². The predicted molar refractivity (Wildman–Crippen MR) is 136 cm³/mol. The summed E-state index contributed by atoms with van der Waals surface area (Å²) in [5.41, 5.74) is 3.47. The summed E-state index contributed by atoms with van der Waals surface area (Å²) in [4.78, 5) is 28.0. The zero-order valence-corrected chi connectivity index (χ0v) is 20.1. The number of rotatable bonds is 4. The van der Waals surface area contributed by atoms with Crippen LogP contribution in [0.1, 0.15) is 10.4 Å². The van der Waals surface area contributed by atoms with Crippen molar-refractivity contribution in [3.63, 3.8) is 0 Å². The van der Waals surface area contributed by atoms with E-state index in [0.29, 0.717) is 38.5 Å². The van der Waals surface area contributed by atoms with Crippen molar-refractivity contribution in [3.8, 4) is 0 Å². The number of benzene rings is 2. The van der Waals surface area contributed by atoms with E-state index < -0.39 is 0 Å². The first-order valence-corrected chi connectivity index (χ1v) is 11.8. The van der Waals surface area contributed by atoms with Gasteiger partial charge in [-0.15, -0.1) is 0 Å². The smallest absolute Gasteiger partial charge is 0.265 e. The lowest BCUT2D eigenvalue weighted by Gasteiger charge is -2.57. The maximum Gasteiger partial charge on any atom is 0.265 e. The van der Waals surface area contributed by atoms with E-state index >= 15 is 0 Å². The number of carbonyl (C=O) groups is 1. The number of hydrogen-bond acceptors (Lipinski definition) is 7. The van der Waals surface area contributed by atoms with Gasteiger partial charge < -0.3 is 20.4 Å². The molecule has 1 spiro atoms. The summed E-state index contributed by atoms with van der Waals surface area (Å²) in [6, 6.07) is 13.5. The van der Waals surface area contributed by atoms with Gasteiger partial charge in [-0.25, -0.2) is 4.98 Å². The lowest BCUT2D eigenvalue weighted by molar-refractivity contribution is 0.0982. The molecular formula is C24H23Cl2N7O. The van der Waals surface area contributed by atoms with Crippen LogP contribution in [0.5, 0.6) is 0 Å². The minimum atomic E-state index is -0.243. The molecule has 0 radical (unpaired) electrons. The number of halogens is 2. The van der Waals surface area contributed by atoms with Crippen molar-refractivity contribution in [2.75, 3.05) is 59.9 Å². The van der Waals surface area contributed by atoms with Gasteiger partial charge in [0.05, 0.1) is 22.4 Å². The molecule has 0 bridgehead atoms. The second-order valence-electron chi connectivity index (χ2n) is 9.21. The maximum atomic E-state index is 13.2. The molecule has 1 amide bonds. The Kier molecular flexibility index (Phi) is 5.05. The molecule has 4 heterocycles. The van der Waals surface area contributed by atoms with Crippen molar-refractivity contribution in [2.24, 2.45) is 5.41 Å². The van der Waals surface area contributed by atoms with E-state index in [1.165, 1.54) is 5.69 Å². The Morgan fingerprint density at radius 2 is 1.76 bits per heavy atom. The Morgan fingerprint density at radius 1 is 1.06 bits per heavy atom. The van der Waals surface area contributed by atoms with E-state index in [1.807, 2.05) is 24.1 Å². The molecule has 0 aliphatic carbocycles. The van der Waals surface area contributed by atoms with Gasteiger partial charge >= 0.3 is 0 Å². The number of nitrogens with one attached hydrogen (secondary N) is 2. The van der Waals surface area contributed by atoms with E-state index in [0.717, 1.165) is 31.9 Å². The Labute approximate surface area is 207 Å². The van der Waals surface area contributed by atoms with Crippen molar-refractivity contribution >= 4 is 57.9 Å². The zero-order valence-electron chi connectivity index (χ0n) is 18.6. The number of carbonyl (C=O) groups excluding carboxylic acids is 1. The first-order valence-electron chi connectivity index (χ1n) is 11.1. The third-order valence-corrected chi connectivity index (χ3v) is 7.32. The molecule has 3 aliphatic rings. The molecule has 3 aliphatic heterocycles. The van der Waals surface area contributed by atoms with Crippen LogP contribution in [0.25, 0.3) is 0 Å². The Morgan fingerprint density at radius 3 is 2.41 bits per heavy atom. The average Bonchev–Trinajstić information content (AvgIpc) is 2.76. The van der Waals surface area contributed by atoms with Crippen LogP contribution < -0.4 is 25.3 Å². The van der Waals surface area contributed by atoms with Crippen LogP contribution in [0.3, 0.4) is 0 Å². The Bertz CT molecular complexity index is 1250. The monoisotopic (exact) mass is 495 g/mol. The number of para-hydroxylation sites is 1. The first kappa shape index (κ1) is 21.5. The molecule has 174 valence electrons. The highest BCUT2D eigenvalue weighted by Gasteiger charge is 2.47. The molecule has 3 aromatic rings. The number of fused-ring (bicyclic) bond motifs is 1. The van der Waals surface area contributed by atoms with Crippen molar-refractivity contribution in [2.45, 2.75) is 0 Å². The number of nitrogens with zero attached hydrogens (tertiary/aromatic N) is 5. The molecule has 0 unspecified atom stereocenters. The molecule has 1 aromatic heterocycles. The highest BCUT2D eigenvalue weighted by atomic mass is 35.5. The topological polar surface area (TPSA) is 76.6 Å². The minimum absolute atomic E-state index is 0.243. The Balaban J connectivity index is 1.19. The molecule has 2 fully saturated rings. The fourth-order valence-corrected chi connectivity index (χ4v) is 5.42. The third-order valence-electron chi connectivity index (χ3n) is 6.71. The standard InChI is InChI=1S/C24H23Cl2N7O/c1-31-14-33(20-18(25)3-2-4-19(20)26)22(34)17-9-28-23(30-21(17)31)29-15-5-7-16(8-6-15)32-12-24(13-32)10-27-11-24/h2-9,27H,10-14H2,1H3,(H,28,29,30). The summed E-state index contributed by atoms with van der Waals surface area (Å²) in [5, 5.41) is 7.44. The van der Waals surface area contributed by atoms with Crippen LogP contribution in [0, 0.1) is 5.41 Å². The minimum Gasteiger partial charge on any atom is -0.370 e. The van der Waals surface area contributed by atoms with Gasteiger partial charge in [0.1, 0.15) is 11.4 Å². The van der Waals surface area contributed by atoms with E-state index in [9.17, 15) is 4.79 Å². The summed E-state index contributed by atoms with van der Waals surface area (Å²) in [5.74, 6) is 0.741. The normalized spacial score (nSPS) is 18.4. The lowest BCUT2D eigenvalue weighted by atomic mass is 9.74. The molecule has 2 N–H and O–H groups in total. The molecular weight excluding hydrogens is 473 g/mol. The van der Waals surface area contributed by atoms with Crippen LogP contribution in [-0.2, 0) is 0 Å². The highest BCUT2D eigenvalue weighted by molar-refractivity contribution is 6.40. The van der Waals surface area contributed by atoms with E-state index in [4.69, 9.17) is 23.2 Å². The van der Waals surface area contributed by atoms with Crippen LogP contribution in [0.15, 0.2) is 48.7 Å². The van der Waals surface area contributed by atoms with E-state index in [-0.39, 0.29) is 12.6 Å². The second-order valence-corrected chi connectivity index (χ2v) is 10.0. The summed E-state index contributed by atoms with van der Waals surface area (Å²) < 4.78 is 0. The fraction of sp³-hybridized carbons (Fsp3) is 0.292. The number of hydrogen-bond donors (Lipinski definition) is 2. The van der Waals surface area contributed by atoms with Gasteiger partial charge in [0.15, 0.2) is 0 Å². The Hall–Kier alpha value is -3.07. The molecule has 10 heteroatoms. The molecule has 2 saturated heterocycles. The highest BCUT2D eigenvalue weighted by Crippen LogP contribution is 2.39. The van der Waals surface area contributed by atoms with Crippen LogP contribution in [0.4, 0.5) is 28.8 Å². The van der Waals surface area contributed by atoms with Crippen molar-refractivity contribution in [1.29, 1.82) is 0 Å². The molecule has 6 rings (SSSR count). The van der Waals surface area contributed by atoms with Crippen molar-refractivity contribution in [1.82, 2.24) is 15.3 Å². The summed E-state index contributed by atoms with van der Waals surface area (Å²) in [6.07, 6.45) is 1.54. The number of aromatic nitrogens is 2. The van der Waals surface area contributed by atoms with Crippen LogP contribution in [-0.4, -0.2) is 55.8 Å². The van der Waals surface area contributed by atoms with E-state index in [1.54, 1.807) is 29.3 Å². The van der Waals surface area contributed by atoms with Crippen LogP contribution >= 0.6 is 23.2 Å². The average molecular weight is 496 g/mol. The van der Waals surface area contributed by atoms with Gasteiger partial charge in [-0.3, -0.25) is 9.69 Å². The van der Waals surface area contributed by atoms with Gasteiger partial charge in [0.25, 0.3) is 5.91 Å². The number of anilines is 5. The SMILES string of the molecule is CN1CN(c2c(Cl)cccc2Cl)C(=O)c2cnc(Nc3ccc(N4CC5(CNC5)C4)cc3)nc21. The largest absolute Gasteiger partial charge is 0.370 e. The van der Waals surface area contributed by atoms with Gasteiger partial charge in [-0.2, -0.15) is 4.98 Å². The molecule has 34 heavy (non-hydrogen) atoms. The van der Waals surface area contributed by atoms with Crippen molar-refractivity contribution < 1.29 is 4.79 Å². The lowest BCUT2D eigenvalue weighted by Crippen LogP contribution is -2.71. The number of amides is 1. The summed E-state index contributed by atoms with van der Waals surface area (Å²) in [7, 11) is 1.87. The van der Waals surface area contributed by atoms with Crippen molar-refractivity contribution in [3.05, 3.63) is 64.3 Å². The zero-order chi connectivity index (χ0) is 23.4. The summed E-state index contributed by atoms with van der Waals surface area (Å²) >= 11 is 12.7. The first-order chi connectivity index (χ1) is 16.4. The van der Waals surface area contributed by atoms with Gasteiger partial charge in [-0.1, -0.05) is 29.3 Å². The molecule has 8 nitrogen and oxygen atoms in total. The molecule has 2 aromatic carbocycles. The van der Waals surface area contributed by atoms with Gasteiger partial charge in [0.2, 0.25) is 5.95 Å². The summed E-state index contributed by atoms with van der Waals surface area (Å²) in [6.45, 7) is 4.74.